The second kappa shape index (κ2) is 8.83. The lowest BCUT2D eigenvalue weighted by molar-refractivity contribution is -0.123. The van der Waals surface area contributed by atoms with Gasteiger partial charge in [0.15, 0.2) is 11.9 Å². The minimum Gasteiger partial charge on any atom is -0.459 e. The molecule has 7 nitrogen and oxygen atoms in total. The molecule has 1 aromatic heterocycles. The van der Waals surface area contributed by atoms with E-state index >= 15 is 0 Å². The van der Waals surface area contributed by atoms with E-state index in [2.05, 4.69) is 10.6 Å². The van der Waals surface area contributed by atoms with Crippen LogP contribution in [0.15, 0.2) is 71.3 Å². The van der Waals surface area contributed by atoms with Crippen molar-refractivity contribution >= 4 is 29.2 Å². The van der Waals surface area contributed by atoms with Crippen molar-refractivity contribution in [2.75, 3.05) is 10.6 Å². The number of hydrogen-bond donors (Lipinski definition) is 2. The minimum atomic E-state index is -1.20. The van der Waals surface area contributed by atoms with Gasteiger partial charge in [-0.2, -0.15) is 0 Å². The summed E-state index contributed by atoms with van der Waals surface area (Å²) < 4.78 is 23.9. The second-order valence-corrected chi connectivity index (χ2v) is 5.99. The number of benzene rings is 2. The third-order valence-corrected chi connectivity index (χ3v) is 3.92. The van der Waals surface area contributed by atoms with Gasteiger partial charge in [-0.1, -0.05) is 24.3 Å². The fraction of sp³-hybridized carbons (Fsp3) is 0.0952. The smallest absolute Gasteiger partial charge is 0.341 e. The van der Waals surface area contributed by atoms with E-state index < -0.39 is 29.7 Å². The molecule has 0 bridgehead atoms. The number of esters is 1. The van der Waals surface area contributed by atoms with Crippen LogP contribution in [0.3, 0.4) is 0 Å². The Balaban J connectivity index is 1.68. The molecule has 3 rings (SSSR count). The summed E-state index contributed by atoms with van der Waals surface area (Å²) in [5.41, 5.74) is 0.227. The Hall–Kier alpha value is -3.94. The van der Waals surface area contributed by atoms with E-state index in [4.69, 9.17) is 9.15 Å². The largest absolute Gasteiger partial charge is 0.459 e. The Bertz CT molecular complexity index is 1030. The number of ether oxygens (including phenoxy) is 1. The first kappa shape index (κ1) is 19.8. The summed E-state index contributed by atoms with van der Waals surface area (Å²) >= 11 is 0. The van der Waals surface area contributed by atoms with Gasteiger partial charge in [0.1, 0.15) is 5.82 Å². The first-order chi connectivity index (χ1) is 14.0. The van der Waals surface area contributed by atoms with Crippen molar-refractivity contribution < 1.29 is 27.9 Å². The van der Waals surface area contributed by atoms with Crippen LogP contribution in [-0.4, -0.2) is 23.9 Å². The topological polar surface area (TPSA) is 97.6 Å². The molecule has 0 unspecified atom stereocenters. The lowest BCUT2D eigenvalue weighted by atomic mass is 10.1. The van der Waals surface area contributed by atoms with Gasteiger partial charge in [-0.15, -0.1) is 0 Å². The lowest BCUT2D eigenvalue weighted by Gasteiger charge is -2.15. The summed E-state index contributed by atoms with van der Waals surface area (Å²) in [5, 5.41) is 4.92. The highest BCUT2D eigenvalue weighted by atomic mass is 19.1. The lowest BCUT2D eigenvalue weighted by Crippen LogP contribution is -2.30. The van der Waals surface area contributed by atoms with Gasteiger partial charge in [-0.05, 0) is 43.3 Å². The predicted octanol–water partition coefficient (Wildman–Crippen LogP) is 3.86. The zero-order chi connectivity index (χ0) is 20.8. The quantitative estimate of drug-likeness (QED) is 0.617. The Kier molecular flexibility index (Phi) is 6.03. The van der Waals surface area contributed by atoms with E-state index in [1.54, 1.807) is 24.3 Å². The summed E-state index contributed by atoms with van der Waals surface area (Å²) in [6.07, 6.45) is 0.154. The van der Waals surface area contributed by atoms with E-state index in [0.29, 0.717) is 0 Å². The molecular formula is C21H17FN2O5. The Morgan fingerprint density at radius 3 is 2.31 bits per heavy atom. The fourth-order valence-electron chi connectivity index (χ4n) is 2.44. The molecule has 3 aromatic rings. The highest BCUT2D eigenvalue weighted by Crippen LogP contribution is 2.19. The normalized spacial score (nSPS) is 11.4. The van der Waals surface area contributed by atoms with Crippen molar-refractivity contribution in [1.82, 2.24) is 0 Å². The Morgan fingerprint density at radius 1 is 0.931 bits per heavy atom. The monoisotopic (exact) mass is 396 g/mol. The number of hydrogen-bond acceptors (Lipinski definition) is 5. The molecule has 2 N–H and O–H groups in total. The van der Waals surface area contributed by atoms with Crippen molar-refractivity contribution in [1.29, 1.82) is 0 Å². The average molecular weight is 396 g/mol. The van der Waals surface area contributed by atoms with Crippen molar-refractivity contribution in [3.8, 4) is 0 Å². The first-order valence-electron chi connectivity index (χ1n) is 8.66. The summed E-state index contributed by atoms with van der Waals surface area (Å²) in [5.74, 6) is -2.59. The van der Waals surface area contributed by atoms with E-state index in [-0.39, 0.29) is 22.7 Å². The summed E-state index contributed by atoms with van der Waals surface area (Å²) in [6.45, 7) is 1.36. The molecule has 148 valence electrons. The molecule has 1 atom stereocenters. The molecule has 29 heavy (non-hydrogen) atoms. The maximum Gasteiger partial charge on any atom is 0.341 e. The van der Waals surface area contributed by atoms with Crippen molar-refractivity contribution in [2.45, 2.75) is 13.0 Å². The molecule has 0 fully saturated rings. The maximum absolute atomic E-state index is 13.7. The molecule has 0 aliphatic heterocycles. The van der Waals surface area contributed by atoms with Crippen LogP contribution in [0.1, 0.15) is 27.8 Å². The molecule has 0 radical (unpaired) electrons. The van der Waals surface area contributed by atoms with Crippen molar-refractivity contribution in [3.63, 3.8) is 0 Å². The van der Waals surface area contributed by atoms with Gasteiger partial charge in [0, 0.05) is 0 Å². The molecule has 0 saturated carbocycles. The maximum atomic E-state index is 13.7. The number of furan rings is 1. The van der Waals surface area contributed by atoms with E-state index in [0.717, 1.165) is 0 Å². The molecule has 2 amide bonds. The highest BCUT2D eigenvalue weighted by Gasteiger charge is 2.22. The van der Waals surface area contributed by atoms with Crippen LogP contribution in [0.2, 0.25) is 0 Å². The number of para-hydroxylation sites is 2. The summed E-state index contributed by atoms with van der Waals surface area (Å²) in [7, 11) is 0. The zero-order valence-corrected chi connectivity index (χ0v) is 15.3. The number of carbonyl (C=O) groups is 3. The van der Waals surface area contributed by atoms with Gasteiger partial charge >= 0.3 is 5.97 Å². The second-order valence-electron chi connectivity index (χ2n) is 5.99. The van der Waals surface area contributed by atoms with Crippen molar-refractivity contribution in [2.24, 2.45) is 0 Å². The molecule has 0 aliphatic carbocycles. The van der Waals surface area contributed by atoms with Crippen LogP contribution in [0.25, 0.3) is 0 Å². The molecule has 1 heterocycles. The molecule has 2 aromatic carbocycles. The number of rotatable bonds is 6. The number of carbonyl (C=O) groups excluding carboxylic acids is 3. The third kappa shape index (κ3) is 4.86. The predicted molar refractivity (Wildman–Crippen MR) is 103 cm³/mol. The Labute approximate surface area is 165 Å². The number of nitrogens with one attached hydrogen (secondary N) is 2. The molecular weight excluding hydrogens is 379 g/mol. The summed E-state index contributed by atoms with van der Waals surface area (Å²) in [6, 6.07) is 14.9. The molecule has 0 aliphatic rings. The van der Waals surface area contributed by atoms with Crippen LogP contribution in [0.5, 0.6) is 0 Å². The minimum absolute atomic E-state index is 0.0217. The average Bonchev–Trinajstić information content (AvgIpc) is 3.25. The Morgan fingerprint density at radius 2 is 1.62 bits per heavy atom. The third-order valence-electron chi connectivity index (χ3n) is 3.92. The van der Waals surface area contributed by atoms with Gasteiger partial charge in [0.05, 0.1) is 23.2 Å². The van der Waals surface area contributed by atoms with Gasteiger partial charge in [-0.25, -0.2) is 9.18 Å². The SMILES string of the molecule is C[C@H](OC(=O)c1ccccc1NC(=O)c1ccco1)C(=O)Nc1ccccc1F. The van der Waals surface area contributed by atoms with Crippen LogP contribution >= 0.6 is 0 Å². The van der Waals surface area contributed by atoms with Crippen LogP contribution in [-0.2, 0) is 9.53 Å². The number of anilines is 2. The van der Waals surface area contributed by atoms with E-state index in [9.17, 15) is 18.8 Å². The van der Waals surface area contributed by atoms with Crippen LogP contribution < -0.4 is 10.6 Å². The highest BCUT2D eigenvalue weighted by molar-refractivity contribution is 6.07. The first-order valence-corrected chi connectivity index (χ1v) is 8.66. The zero-order valence-electron chi connectivity index (χ0n) is 15.3. The van der Waals surface area contributed by atoms with Gasteiger partial charge < -0.3 is 19.8 Å². The molecule has 0 saturated heterocycles. The summed E-state index contributed by atoms with van der Waals surface area (Å²) in [4.78, 5) is 36.9. The van der Waals surface area contributed by atoms with E-state index in [1.165, 1.54) is 49.6 Å². The van der Waals surface area contributed by atoms with Crippen LogP contribution in [0, 0.1) is 5.82 Å². The van der Waals surface area contributed by atoms with Crippen LogP contribution in [0.4, 0.5) is 15.8 Å². The van der Waals surface area contributed by atoms with Gasteiger partial charge in [0.25, 0.3) is 11.8 Å². The van der Waals surface area contributed by atoms with E-state index in [1.807, 2.05) is 0 Å². The van der Waals surface area contributed by atoms with Gasteiger partial charge in [0.2, 0.25) is 0 Å². The standard InChI is InChI=1S/C21H17FN2O5/c1-13(19(25)24-17-10-5-3-8-15(17)22)29-21(27)14-7-2-4-9-16(14)23-20(26)18-11-6-12-28-18/h2-13H,1H3,(H,23,26)(H,24,25)/t13-/m0/s1. The number of amides is 2. The molecule has 8 heteroatoms. The number of halogens is 1. The molecule has 0 spiro atoms. The van der Waals surface area contributed by atoms with Gasteiger partial charge in [-0.3, -0.25) is 9.59 Å². The van der Waals surface area contributed by atoms with Crippen molar-refractivity contribution in [3.05, 3.63) is 84.1 Å². The fourth-order valence-corrected chi connectivity index (χ4v) is 2.44.